The number of anilines is 2. The van der Waals surface area contributed by atoms with E-state index in [0.29, 0.717) is 46.8 Å². The number of hydrogen-bond donors (Lipinski definition) is 0. The number of aryl methyl sites for hydroxylation is 1. The van der Waals surface area contributed by atoms with E-state index in [1.807, 2.05) is 66.4 Å². The Morgan fingerprint density at radius 3 is 1.98 bits per heavy atom. The van der Waals surface area contributed by atoms with Crippen molar-refractivity contribution in [3.8, 4) is 28.9 Å². The van der Waals surface area contributed by atoms with Gasteiger partial charge in [-0.2, -0.15) is 23.1 Å². The molecule has 7 rings (SSSR count). The molecular weight excluding hydrogens is 885 g/mol. The van der Waals surface area contributed by atoms with Crippen LogP contribution >= 0.6 is 22.6 Å². The van der Waals surface area contributed by atoms with Crippen molar-refractivity contribution in [1.29, 1.82) is 0 Å². The first-order valence-corrected chi connectivity index (χ1v) is 20.1. The molecule has 312 valence electrons. The smallest absolute Gasteiger partial charge is 0.422 e. The van der Waals surface area contributed by atoms with E-state index in [9.17, 15) is 18.0 Å². The van der Waals surface area contributed by atoms with Gasteiger partial charge in [-0.15, -0.1) is 0 Å². The van der Waals surface area contributed by atoms with Crippen LogP contribution < -0.4 is 24.0 Å². The van der Waals surface area contributed by atoms with Crippen LogP contribution in [0.5, 0.6) is 17.5 Å². The number of pyridine rings is 2. The van der Waals surface area contributed by atoms with E-state index in [1.54, 1.807) is 39.9 Å². The number of nitrogens with zero attached hydrogens (tertiary/aromatic N) is 7. The molecule has 0 aliphatic carbocycles. The average molecular weight is 930 g/mol. The van der Waals surface area contributed by atoms with Crippen molar-refractivity contribution >= 4 is 51.2 Å². The highest BCUT2D eigenvalue weighted by Crippen LogP contribution is 2.39. The van der Waals surface area contributed by atoms with Gasteiger partial charge in [0.2, 0.25) is 0 Å². The molecule has 5 heterocycles. The highest BCUT2D eigenvalue weighted by Gasteiger charge is 2.45. The fraction of sp³-hybridized carbons (Fsp3) is 0.405. The summed E-state index contributed by atoms with van der Waals surface area (Å²) in [7, 11) is 3.21. The summed E-state index contributed by atoms with van der Waals surface area (Å²) < 4.78 is 79.4. The van der Waals surface area contributed by atoms with Crippen LogP contribution in [0.1, 0.15) is 50.3 Å². The fourth-order valence-electron chi connectivity index (χ4n) is 7.41. The van der Waals surface area contributed by atoms with Gasteiger partial charge in [-0.1, -0.05) is 24.3 Å². The topological polar surface area (TPSA) is 115 Å². The molecule has 0 unspecified atom stereocenters. The Labute approximate surface area is 353 Å². The van der Waals surface area contributed by atoms with Crippen molar-refractivity contribution in [2.75, 3.05) is 43.7 Å². The largest absolute Gasteiger partial charge is 0.497 e. The first-order valence-electron chi connectivity index (χ1n) is 19.0. The summed E-state index contributed by atoms with van der Waals surface area (Å²) in [4.78, 5) is 36.9. The Morgan fingerprint density at radius 1 is 0.881 bits per heavy atom. The summed E-state index contributed by atoms with van der Waals surface area (Å²) in [6.07, 6.45) is -2.34. The first-order chi connectivity index (χ1) is 28.0. The van der Waals surface area contributed by atoms with E-state index < -0.39 is 36.3 Å². The molecule has 2 saturated heterocycles. The number of fused-ring (bicyclic) bond motifs is 3. The van der Waals surface area contributed by atoms with E-state index >= 15 is 4.39 Å². The Morgan fingerprint density at radius 2 is 1.46 bits per heavy atom. The van der Waals surface area contributed by atoms with Gasteiger partial charge in [0.1, 0.15) is 45.6 Å². The summed E-state index contributed by atoms with van der Waals surface area (Å²) in [6.45, 7) is 7.05. The molecule has 0 saturated carbocycles. The van der Waals surface area contributed by atoms with Crippen molar-refractivity contribution in [2.45, 2.75) is 77.5 Å². The van der Waals surface area contributed by atoms with Gasteiger partial charge in [-0.3, -0.25) is 9.88 Å². The third-order valence-electron chi connectivity index (χ3n) is 10.1. The number of ether oxygens (including phenoxy) is 4. The third-order valence-corrected chi connectivity index (χ3v) is 11.5. The van der Waals surface area contributed by atoms with Crippen LogP contribution in [-0.4, -0.2) is 88.7 Å². The fourth-order valence-corrected chi connectivity index (χ4v) is 7.94. The molecular formula is C42H44F4IN7O5. The summed E-state index contributed by atoms with van der Waals surface area (Å²) >= 11 is 2.10. The number of rotatable bonds is 11. The highest BCUT2D eigenvalue weighted by atomic mass is 127. The van der Waals surface area contributed by atoms with E-state index in [1.165, 1.54) is 6.20 Å². The van der Waals surface area contributed by atoms with Crippen LogP contribution in [0.25, 0.3) is 22.3 Å². The van der Waals surface area contributed by atoms with Crippen LogP contribution in [0.3, 0.4) is 0 Å². The first kappa shape index (κ1) is 41.9. The Bertz CT molecular complexity index is 2260. The third kappa shape index (κ3) is 9.49. The SMILES string of the molecule is COc1ccc(CN(Cc2ccc(OC)cc2)c2cc(C)c(I)c(-c3ncc4c(N5C[C@H]6CC[C@@H](C5)N6C(=O)OC(C)(C)C)nc(OCC(F)(F)F)nc4c3F)n2)cc1. The second-order valence-corrected chi connectivity index (χ2v) is 16.7. The lowest BCUT2D eigenvalue weighted by Gasteiger charge is -2.42. The summed E-state index contributed by atoms with van der Waals surface area (Å²) in [5.74, 6) is 1.24. The lowest BCUT2D eigenvalue weighted by Crippen LogP contribution is -2.57. The average Bonchev–Trinajstić information content (AvgIpc) is 3.46. The van der Waals surface area contributed by atoms with Crippen LogP contribution in [0.2, 0.25) is 0 Å². The number of carbonyl (C=O) groups is 1. The zero-order valence-electron chi connectivity index (χ0n) is 33.4. The number of carbonyl (C=O) groups excluding carboxylic acids is 1. The van der Waals surface area contributed by atoms with Gasteiger partial charge in [0.25, 0.3) is 0 Å². The molecule has 1 amide bonds. The van der Waals surface area contributed by atoms with Crippen molar-refractivity contribution in [3.63, 3.8) is 0 Å². The molecule has 2 aromatic carbocycles. The monoisotopic (exact) mass is 929 g/mol. The molecule has 59 heavy (non-hydrogen) atoms. The van der Waals surface area contributed by atoms with Crippen LogP contribution in [0.15, 0.2) is 60.8 Å². The number of amides is 1. The summed E-state index contributed by atoms with van der Waals surface area (Å²) in [6, 6.07) is 16.1. The predicted molar refractivity (Wildman–Crippen MR) is 222 cm³/mol. The van der Waals surface area contributed by atoms with Crippen LogP contribution in [-0.2, 0) is 17.8 Å². The number of piperazine rings is 1. The molecule has 12 nitrogen and oxygen atoms in total. The standard InChI is InChI=1S/C42H44F4IN7O5/c1-24-17-32(52(19-25-7-13-29(56-5)14-8-25)20-26-9-15-30(57-6)16-10-26)49-37(34(24)47)36-33(43)35-31(18-48-36)38(51-39(50-35)58-23-42(44,45)46)53-21-27-11-12-28(22-53)54(27)40(55)59-41(2,3)4/h7-10,13-18,27-28H,11-12,19-23H2,1-6H3/t27-,28+. The number of methoxy groups -OCH3 is 2. The second-order valence-electron chi connectivity index (χ2n) is 15.6. The number of benzene rings is 2. The molecule has 2 atom stereocenters. The Balaban J connectivity index is 1.29. The maximum absolute atomic E-state index is 17.1. The van der Waals surface area contributed by atoms with E-state index in [-0.39, 0.29) is 53.3 Å². The van der Waals surface area contributed by atoms with Crippen molar-refractivity contribution in [3.05, 3.63) is 86.9 Å². The van der Waals surface area contributed by atoms with Crippen LogP contribution in [0, 0.1) is 16.3 Å². The molecule has 2 aliphatic heterocycles. The van der Waals surface area contributed by atoms with E-state index in [4.69, 9.17) is 23.9 Å². The molecule has 17 heteroatoms. The molecule has 0 spiro atoms. The lowest BCUT2D eigenvalue weighted by molar-refractivity contribution is -0.154. The molecule has 2 fully saturated rings. The maximum Gasteiger partial charge on any atom is 0.422 e. The van der Waals surface area contributed by atoms with Crippen LogP contribution in [0.4, 0.5) is 34.0 Å². The Hall–Kier alpha value is -5.20. The number of aromatic nitrogens is 4. The Kier molecular flexibility index (Phi) is 12.0. The highest BCUT2D eigenvalue weighted by molar-refractivity contribution is 14.1. The minimum atomic E-state index is -4.69. The van der Waals surface area contributed by atoms with Gasteiger partial charge in [0.05, 0.1) is 31.7 Å². The quantitative estimate of drug-likeness (QED) is 0.0935. The molecule has 5 aromatic rings. The zero-order valence-corrected chi connectivity index (χ0v) is 35.6. The minimum Gasteiger partial charge on any atom is -0.497 e. The number of hydrogen-bond acceptors (Lipinski definition) is 11. The van der Waals surface area contributed by atoms with Crippen molar-refractivity contribution < 1.29 is 41.3 Å². The summed E-state index contributed by atoms with van der Waals surface area (Å²) in [5.41, 5.74) is 1.89. The van der Waals surface area contributed by atoms with Gasteiger partial charge < -0.3 is 28.7 Å². The van der Waals surface area contributed by atoms with Gasteiger partial charge in [0, 0.05) is 35.9 Å². The van der Waals surface area contributed by atoms with Gasteiger partial charge in [-0.25, -0.2) is 14.2 Å². The van der Waals surface area contributed by atoms with Crippen molar-refractivity contribution in [1.82, 2.24) is 24.8 Å². The minimum absolute atomic E-state index is 0.137. The lowest BCUT2D eigenvalue weighted by atomic mass is 10.1. The second kappa shape index (κ2) is 16.8. The van der Waals surface area contributed by atoms with E-state index in [0.717, 1.165) is 16.7 Å². The molecule has 2 bridgehead atoms. The van der Waals surface area contributed by atoms with Gasteiger partial charge in [-0.05, 0) is 110 Å². The molecule has 2 aliphatic rings. The predicted octanol–water partition coefficient (Wildman–Crippen LogP) is 8.89. The van der Waals surface area contributed by atoms with E-state index in [2.05, 4.69) is 42.4 Å². The molecule has 3 aromatic heterocycles. The molecule has 0 radical (unpaired) electrons. The number of halogens is 5. The van der Waals surface area contributed by atoms with Crippen molar-refractivity contribution in [2.24, 2.45) is 0 Å². The summed E-state index contributed by atoms with van der Waals surface area (Å²) in [5, 5.41) is 0.180. The van der Waals surface area contributed by atoms with Gasteiger partial charge >= 0.3 is 18.3 Å². The zero-order chi connectivity index (χ0) is 42.2. The maximum atomic E-state index is 17.1. The van der Waals surface area contributed by atoms with Gasteiger partial charge in [0.15, 0.2) is 12.4 Å². The molecule has 0 N–H and O–H groups in total. The number of alkyl halides is 3. The normalized spacial score (nSPS) is 16.7.